The third kappa shape index (κ3) is 7.47. The van der Waals surface area contributed by atoms with Gasteiger partial charge in [-0.15, -0.1) is 0 Å². The highest BCUT2D eigenvalue weighted by molar-refractivity contribution is 4.54. The Balaban J connectivity index is 3.13. The zero-order valence-corrected chi connectivity index (χ0v) is 7.53. The lowest BCUT2D eigenvalue weighted by Crippen LogP contribution is -2.07. The predicted octanol–water partition coefficient (Wildman–Crippen LogP) is 1.59. The Kier molecular flexibility index (Phi) is 6.66. The van der Waals surface area contributed by atoms with Gasteiger partial charge in [-0.2, -0.15) is 0 Å². The van der Waals surface area contributed by atoms with Crippen molar-refractivity contribution in [3.05, 3.63) is 10.1 Å². The molecule has 0 bridgehead atoms. The van der Waals surface area contributed by atoms with Gasteiger partial charge in [0, 0.05) is 11.3 Å². The van der Waals surface area contributed by atoms with Gasteiger partial charge in [-0.25, -0.2) is 0 Å². The SMILES string of the molecule is CCC[C@H](O)CCCC[N+](=O)[O-]. The number of hydrogen-bond acceptors (Lipinski definition) is 3. The van der Waals surface area contributed by atoms with E-state index in [4.69, 9.17) is 0 Å². The minimum atomic E-state index is -0.313. The third-order valence-corrected chi connectivity index (χ3v) is 1.75. The van der Waals surface area contributed by atoms with E-state index >= 15 is 0 Å². The predicted molar refractivity (Wildman–Crippen MR) is 46.6 cm³/mol. The minimum absolute atomic E-state index is 0.0266. The van der Waals surface area contributed by atoms with E-state index in [0.717, 1.165) is 19.3 Å². The van der Waals surface area contributed by atoms with Gasteiger partial charge in [-0.1, -0.05) is 13.3 Å². The number of nitrogens with zero attached hydrogens (tertiary/aromatic N) is 1. The summed E-state index contributed by atoms with van der Waals surface area (Å²) in [6.07, 6.45) is 3.54. The van der Waals surface area contributed by atoms with Crippen LogP contribution in [0.15, 0.2) is 0 Å². The van der Waals surface area contributed by atoms with Gasteiger partial charge < -0.3 is 5.11 Å². The van der Waals surface area contributed by atoms with Gasteiger partial charge in [0.1, 0.15) is 0 Å². The quantitative estimate of drug-likeness (QED) is 0.363. The molecule has 0 aromatic heterocycles. The van der Waals surface area contributed by atoms with Crippen molar-refractivity contribution >= 4 is 0 Å². The van der Waals surface area contributed by atoms with Crippen LogP contribution in [0.5, 0.6) is 0 Å². The average molecular weight is 175 g/mol. The molecule has 0 unspecified atom stereocenters. The number of rotatable bonds is 7. The molecule has 0 rings (SSSR count). The third-order valence-electron chi connectivity index (χ3n) is 1.75. The second-order valence-corrected chi connectivity index (χ2v) is 2.99. The van der Waals surface area contributed by atoms with Crippen LogP contribution in [0, 0.1) is 10.1 Å². The highest BCUT2D eigenvalue weighted by Gasteiger charge is 2.03. The molecule has 0 aromatic rings. The number of aliphatic hydroxyl groups is 1. The molecular formula is C8H17NO3. The maximum atomic E-state index is 9.91. The second-order valence-electron chi connectivity index (χ2n) is 2.99. The molecule has 1 N–H and O–H groups in total. The largest absolute Gasteiger partial charge is 0.393 e. The molecule has 0 aliphatic carbocycles. The van der Waals surface area contributed by atoms with Gasteiger partial charge in [0.25, 0.3) is 0 Å². The summed E-state index contributed by atoms with van der Waals surface area (Å²) < 4.78 is 0. The van der Waals surface area contributed by atoms with E-state index in [2.05, 4.69) is 0 Å². The van der Waals surface area contributed by atoms with Gasteiger partial charge in [0.05, 0.1) is 6.10 Å². The lowest BCUT2D eigenvalue weighted by Gasteiger charge is -2.06. The maximum Gasteiger partial charge on any atom is 0.203 e. The Labute approximate surface area is 72.7 Å². The minimum Gasteiger partial charge on any atom is -0.393 e. The van der Waals surface area contributed by atoms with E-state index in [0.29, 0.717) is 12.8 Å². The number of hydrogen-bond donors (Lipinski definition) is 1. The van der Waals surface area contributed by atoms with E-state index in [1.165, 1.54) is 0 Å². The molecule has 0 radical (unpaired) electrons. The van der Waals surface area contributed by atoms with Gasteiger partial charge in [0.15, 0.2) is 0 Å². The summed E-state index contributed by atoms with van der Waals surface area (Å²) in [6.45, 7) is 2.04. The molecular weight excluding hydrogens is 158 g/mol. The standard InChI is InChI=1S/C8H17NO3/c1-2-5-8(10)6-3-4-7-9(11)12/h8,10H,2-7H2,1H3/t8-/m0/s1. The average Bonchev–Trinajstić information content (AvgIpc) is 1.98. The van der Waals surface area contributed by atoms with Crippen LogP contribution in [0.3, 0.4) is 0 Å². The lowest BCUT2D eigenvalue weighted by molar-refractivity contribution is -0.480. The van der Waals surface area contributed by atoms with Crippen molar-refractivity contribution < 1.29 is 10.0 Å². The number of nitro groups is 1. The van der Waals surface area contributed by atoms with Crippen molar-refractivity contribution in [2.45, 2.75) is 45.1 Å². The maximum absolute atomic E-state index is 9.91. The molecule has 0 fully saturated rings. The Morgan fingerprint density at radius 3 is 2.58 bits per heavy atom. The Hall–Kier alpha value is -0.640. The monoisotopic (exact) mass is 175 g/mol. The summed E-state index contributed by atoms with van der Waals surface area (Å²) in [5.41, 5.74) is 0. The Morgan fingerprint density at radius 1 is 1.42 bits per heavy atom. The summed E-state index contributed by atoms with van der Waals surface area (Å²) >= 11 is 0. The summed E-state index contributed by atoms with van der Waals surface area (Å²) in [5.74, 6) is 0. The first kappa shape index (κ1) is 11.4. The fourth-order valence-electron chi connectivity index (χ4n) is 1.10. The fourth-order valence-corrected chi connectivity index (χ4v) is 1.10. The smallest absolute Gasteiger partial charge is 0.203 e. The zero-order valence-electron chi connectivity index (χ0n) is 7.53. The molecule has 0 saturated heterocycles. The zero-order chi connectivity index (χ0) is 9.40. The molecule has 0 saturated carbocycles. The van der Waals surface area contributed by atoms with Crippen LogP contribution in [-0.2, 0) is 0 Å². The molecule has 4 heteroatoms. The van der Waals surface area contributed by atoms with Crippen LogP contribution in [0.1, 0.15) is 39.0 Å². The van der Waals surface area contributed by atoms with E-state index in [1.54, 1.807) is 0 Å². The van der Waals surface area contributed by atoms with Crippen LogP contribution in [0.4, 0.5) is 0 Å². The summed E-state index contributed by atoms with van der Waals surface area (Å²) in [7, 11) is 0. The molecule has 0 aliphatic rings. The van der Waals surface area contributed by atoms with Gasteiger partial charge in [-0.05, 0) is 19.3 Å². The molecule has 0 spiro atoms. The summed E-state index contributed by atoms with van der Waals surface area (Å²) in [5, 5.41) is 19.2. The van der Waals surface area contributed by atoms with Crippen LogP contribution in [0.25, 0.3) is 0 Å². The van der Waals surface area contributed by atoms with E-state index < -0.39 is 0 Å². The second kappa shape index (κ2) is 7.03. The molecule has 1 atom stereocenters. The van der Waals surface area contributed by atoms with Crippen molar-refractivity contribution in [2.75, 3.05) is 6.54 Å². The van der Waals surface area contributed by atoms with E-state index in [-0.39, 0.29) is 17.6 Å². The summed E-state index contributed by atoms with van der Waals surface area (Å²) in [6, 6.07) is 0. The normalized spacial score (nSPS) is 12.8. The first-order valence-electron chi connectivity index (χ1n) is 4.46. The van der Waals surface area contributed by atoms with Crippen LogP contribution in [-0.4, -0.2) is 22.7 Å². The lowest BCUT2D eigenvalue weighted by atomic mass is 10.1. The van der Waals surface area contributed by atoms with Crippen molar-refractivity contribution in [3.63, 3.8) is 0 Å². The van der Waals surface area contributed by atoms with Crippen LogP contribution in [0.2, 0.25) is 0 Å². The first-order chi connectivity index (χ1) is 5.66. The topological polar surface area (TPSA) is 63.4 Å². The molecule has 0 aliphatic heterocycles. The number of unbranched alkanes of at least 4 members (excludes halogenated alkanes) is 1. The molecule has 4 nitrogen and oxygen atoms in total. The van der Waals surface area contributed by atoms with Crippen LogP contribution >= 0.6 is 0 Å². The highest BCUT2D eigenvalue weighted by Crippen LogP contribution is 2.05. The van der Waals surface area contributed by atoms with Gasteiger partial charge in [-0.3, -0.25) is 10.1 Å². The van der Waals surface area contributed by atoms with Crippen molar-refractivity contribution in [3.8, 4) is 0 Å². The Morgan fingerprint density at radius 2 is 2.08 bits per heavy atom. The van der Waals surface area contributed by atoms with Gasteiger partial charge in [0.2, 0.25) is 6.54 Å². The van der Waals surface area contributed by atoms with Crippen LogP contribution < -0.4 is 0 Å². The molecule has 12 heavy (non-hydrogen) atoms. The first-order valence-corrected chi connectivity index (χ1v) is 4.46. The summed E-state index contributed by atoms with van der Waals surface area (Å²) in [4.78, 5) is 9.60. The van der Waals surface area contributed by atoms with Crippen molar-refractivity contribution in [1.29, 1.82) is 0 Å². The number of aliphatic hydroxyl groups excluding tert-OH is 1. The molecule has 72 valence electrons. The molecule has 0 amide bonds. The Bertz CT molecular complexity index is 127. The van der Waals surface area contributed by atoms with Crippen molar-refractivity contribution in [1.82, 2.24) is 0 Å². The van der Waals surface area contributed by atoms with Crippen molar-refractivity contribution in [2.24, 2.45) is 0 Å². The molecule has 0 heterocycles. The molecule has 0 aromatic carbocycles. The highest BCUT2D eigenvalue weighted by atomic mass is 16.6. The fraction of sp³-hybridized carbons (Fsp3) is 1.00. The van der Waals surface area contributed by atoms with Gasteiger partial charge >= 0.3 is 0 Å². The van der Waals surface area contributed by atoms with E-state index in [1.807, 2.05) is 6.92 Å². The van der Waals surface area contributed by atoms with E-state index in [9.17, 15) is 15.2 Å².